The van der Waals surface area contributed by atoms with Crippen molar-refractivity contribution >= 4 is 20.8 Å². The van der Waals surface area contributed by atoms with Crippen LogP contribution in [0.5, 0.6) is 17.2 Å². The Balaban J connectivity index is 1.88. The summed E-state index contributed by atoms with van der Waals surface area (Å²) in [5.41, 5.74) is 0.800. The molecule has 0 amide bonds. The van der Waals surface area contributed by atoms with Gasteiger partial charge in [0.1, 0.15) is 5.75 Å². The van der Waals surface area contributed by atoms with Crippen molar-refractivity contribution in [3.8, 4) is 17.2 Å². The Morgan fingerprint density at radius 3 is 2.14 bits per heavy atom. The minimum Gasteiger partial charge on any atom is -0.497 e. The van der Waals surface area contributed by atoms with E-state index in [0.29, 0.717) is 11.5 Å². The van der Waals surface area contributed by atoms with Crippen LogP contribution in [0.1, 0.15) is 5.56 Å². The number of fused-ring (bicyclic) bond motifs is 1. The first kappa shape index (κ1) is 20.0. The van der Waals surface area contributed by atoms with Crippen molar-refractivity contribution in [2.24, 2.45) is 0 Å². The average Bonchev–Trinajstić information content (AvgIpc) is 2.72. The maximum Gasteiger partial charge on any atom is 0.243 e. The van der Waals surface area contributed by atoms with Gasteiger partial charge in [0.15, 0.2) is 11.5 Å². The summed E-state index contributed by atoms with van der Waals surface area (Å²) in [7, 11) is 2.62. The molecule has 0 saturated heterocycles. The van der Waals surface area contributed by atoms with Crippen LogP contribution in [0.25, 0.3) is 10.8 Å². The van der Waals surface area contributed by atoms with Gasteiger partial charge in [-0.2, -0.15) is 4.31 Å². The van der Waals surface area contributed by atoms with Gasteiger partial charge in [-0.25, -0.2) is 8.42 Å². The third-order valence-corrected chi connectivity index (χ3v) is 6.38. The van der Waals surface area contributed by atoms with Crippen molar-refractivity contribution in [3.63, 3.8) is 0 Å². The smallest absolute Gasteiger partial charge is 0.243 e. The zero-order chi connectivity index (χ0) is 20.3. The van der Waals surface area contributed by atoms with Gasteiger partial charge in [-0.1, -0.05) is 18.2 Å². The van der Waals surface area contributed by atoms with E-state index in [1.165, 1.54) is 4.31 Å². The second kappa shape index (κ2) is 8.08. The molecule has 0 spiro atoms. The summed E-state index contributed by atoms with van der Waals surface area (Å²) in [6.45, 7) is 0.212. The fourth-order valence-electron chi connectivity index (χ4n) is 2.99. The molecule has 0 fully saturated rings. The topological polar surface area (TPSA) is 65.1 Å². The summed E-state index contributed by atoms with van der Waals surface area (Å²) in [4.78, 5) is 0.244. The van der Waals surface area contributed by atoms with Crippen LogP contribution in [0, 0.1) is 0 Å². The summed E-state index contributed by atoms with van der Waals surface area (Å²) in [5.74, 6) is 1.89. The molecule has 6 nitrogen and oxygen atoms in total. The Labute approximate surface area is 165 Å². The molecule has 28 heavy (non-hydrogen) atoms. The summed E-state index contributed by atoms with van der Waals surface area (Å²) < 4.78 is 43.1. The third kappa shape index (κ3) is 3.90. The van der Waals surface area contributed by atoms with E-state index in [1.807, 2.05) is 24.3 Å². The second-order valence-electron chi connectivity index (χ2n) is 6.33. The molecule has 0 aliphatic carbocycles. The second-order valence-corrected chi connectivity index (χ2v) is 8.37. The van der Waals surface area contributed by atoms with Crippen molar-refractivity contribution < 1.29 is 22.6 Å². The highest BCUT2D eigenvalue weighted by Gasteiger charge is 2.22. The van der Waals surface area contributed by atoms with Gasteiger partial charge in [-0.05, 0) is 52.7 Å². The predicted molar refractivity (Wildman–Crippen MR) is 109 cm³/mol. The van der Waals surface area contributed by atoms with Crippen molar-refractivity contribution in [2.75, 3.05) is 28.4 Å². The van der Waals surface area contributed by atoms with Crippen molar-refractivity contribution in [1.29, 1.82) is 0 Å². The lowest BCUT2D eigenvalue weighted by molar-refractivity contribution is 0.354. The molecule has 0 aliphatic heterocycles. The first-order valence-corrected chi connectivity index (χ1v) is 10.1. The Morgan fingerprint density at radius 1 is 0.786 bits per heavy atom. The van der Waals surface area contributed by atoms with E-state index in [0.717, 1.165) is 22.1 Å². The third-order valence-electron chi connectivity index (χ3n) is 4.58. The Kier molecular flexibility index (Phi) is 5.76. The fraction of sp³-hybridized carbons (Fsp3) is 0.238. The molecule has 7 heteroatoms. The van der Waals surface area contributed by atoms with Crippen LogP contribution < -0.4 is 14.2 Å². The van der Waals surface area contributed by atoms with Gasteiger partial charge in [0.2, 0.25) is 10.0 Å². The molecule has 0 unspecified atom stereocenters. The Morgan fingerprint density at radius 2 is 1.46 bits per heavy atom. The van der Waals surface area contributed by atoms with E-state index in [-0.39, 0.29) is 11.4 Å². The highest BCUT2D eigenvalue weighted by atomic mass is 32.2. The van der Waals surface area contributed by atoms with Crippen LogP contribution in [0.4, 0.5) is 0 Å². The predicted octanol–water partition coefficient (Wildman–Crippen LogP) is 3.69. The van der Waals surface area contributed by atoms with Gasteiger partial charge in [0.05, 0.1) is 26.2 Å². The van der Waals surface area contributed by atoms with Crippen molar-refractivity contribution in [1.82, 2.24) is 4.31 Å². The normalized spacial score (nSPS) is 11.6. The summed E-state index contributed by atoms with van der Waals surface area (Å²) in [6, 6.07) is 16.0. The lowest BCUT2D eigenvalue weighted by atomic mass is 10.1. The maximum atomic E-state index is 13.0. The summed E-state index contributed by atoms with van der Waals surface area (Å²) in [5, 5.41) is 1.75. The van der Waals surface area contributed by atoms with E-state index < -0.39 is 10.0 Å². The largest absolute Gasteiger partial charge is 0.497 e. The van der Waals surface area contributed by atoms with Crippen LogP contribution in [0.2, 0.25) is 0 Å². The number of methoxy groups -OCH3 is 3. The highest BCUT2D eigenvalue weighted by Crippen LogP contribution is 2.29. The molecule has 0 saturated carbocycles. The van der Waals surface area contributed by atoms with Crippen LogP contribution in [0.3, 0.4) is 0 Å². The Bertz CT molecular complexity index is 1100. The number of benzene rings is 3. The van der Waals surface area contributed by atoms with E-state index in [4.69, 9.17) is 14.2 Å². The molecule has 0 aliphatic rings. The molecule has 0 atom stereocenters. The van der Waals surface area contributed by atoms with E-state index in [1.54, 1.807) is 58.7 Å². The Hall–Kier alpha value is -2.77. The van der Waals surface area contributed by atoms with Gasteiger partial charge in [-0.15, -0.1) is 0 Å². The number of nitrogens with zero attached hydrogens (tertiary/aromatic N) is 1. The van der Waals surface area contributed by atoms with E-state index in [9.17, 15) is 8.42 Å². The lowest BCUT2D eigenvalue weighted by Gasteiger charge is -2.18. The van der Waals surface area contributed by atoms with Crippen LogP contribution in [0.15, 0.2) is 59.5 Å². The van der Waals surface area contributed by atoms with E-state index >= 15 is 0 Å². The molecule has 3 aromatic rings. The first-order chi connectivity index (χ1) is 13.4. The van der Waals surface area contributed by atoms with E-state index in [2.05, 4.69) is 0 Å². The monoisotopic (exact) mass is 401 g/mol. The summed E-state index contributed by atoms with van der Waals surface area (Å²) >= 11 is 0. The summed E-state index contributed by atoms with van der Waals surface area (Å²) in [6.07, 6.45) is 0. The molecule has 0 heterocycles. The van der Waals surface area contributed by atoms with Gasteiger partial charge in [0, 0.05) is 13.6 Å². The first-order valence-electron chi connectivity index (χ1n) is 8.64. The lowest BCUT2D eigenvalue weighted by Crippen LogP contribution is -2.26. The number of hydrogen-bond acceptors (Lipinski definition) is 5. The maximum absolute atomic E-state index is 13.0. The molecule has 0 radical (unpaired) electrons. The van der Waals surface area contributed by atoms with Crippen LogP contribution >= 0.6 is 0 Å². The average molecular weight is 401 g/mol. The fourth-order valence-corrected chi connectivity index (χ4v) is 4.19. The molecule has 0 aromatic heterocycles. The van der Waals surface area contributed by atoms with Gasteiger partial charge < -0.3 is 14.2 Å². The molecule has 3 rings (SSSR count). The van der Waals surface area contributed by atoms with Crippen molar-refractivity contribution in [2.45, 2.75) is 11.4 Å². The number of rotatable bonds is 7. The molecule has 148 valence electrons. The standard InChI is InChI=1S/C21H23NO5S/c1-22(14-15-5-10-20(26-3)21(11-15)27-4)28(23,24)19-9-7-16-12-18(25-2)8-6-17(16)13-19/h5-13H,14H2,1-4H3. The van der Waals surface area contributed by atoms with Crippen molar-refractivity contribution in [3.05, 3.63) is 60.2 Å². The minimum absolute atomic E-state index is 0.212. The SMILES string of the molecule is COc1ccc2cc(S(=O)(=O)N(C)Cc3ccc(OC)c(OC)c3)ccc2c1. The number of ether oxygens (including phenoxy) is 3. The van der Waals surface area contributed by atoms with Crippen LogP contribution in [-0.2, 0) is 16.6 Å². The highest BCUT2D eigenvalue weighted by molar-refractivity contribution is 7.89. The molecule has 0 N–H and O–H groups in total. The molecular formula is C21H23NO5S. The minimum atomic E-state index is -3.65. The molecule has 3 aromatic carbocycles. The number of hydrogen-bond donors (Lipinski definition) is 0. The molecule has 0 bridgehead atoms. The zero-order valence-electron chi connectivity index (χ0n) is 16.3. The number of sulfonamides is 1. The quantitative estimate of drug-likeness (QED) is 0.604. The van der Waals surface area contributed by atoms with Gasteiger partial charge in [0.25, 0.3) is 0 Å². The zero-order valence-corrected chi connectivity index (χ0v) is 17.1. The van der Waals surface area contributed by atoms with Gasteiger partial charge >= 0.3 is 0 Å². The van der Waals surface area contributed by atoms with Crippen LogP contribution in [-0.4, -0.2) is 41.1 Å². The molecular weight excluding hydrogens is 378 g/mol. The van der Waals surface area contributed by atoms with Gasteiger partial charge in [-0.3, -0.25) is 0 Å².